The van der Waals surface area contributed by atoms with E-state index >= 15 is 0 Å². The van der Waals surface area contributed by atoms with Gasteiger partial charge in [-0.2, -0.15) is 18.2 Å². The van der Waals surface area contributed by atoms with E-state index in [1.165, 1.54) is 7.11 Å². The lowest BCUT2D eigenvalue weighted by molar-refractivity contribution is -0.159. The molecule has 4 rings (SSSR count). The predicted molar refractivity (Wildman–Crippen MR) is 108 cm³/mol. The van der Waals surface area contributed by atoms with Gasteiger partial charge in [0.25, 0.3) is 5.91 Å². The van der Waals surface area contributed by atoms with Gasteiger partial charge in [-0.3, -0.25) is 4.79 Å². The van der Waals surface area contributed by atoms with Gasteiger partial charge in [0.15, 0.2) is 5.71 Å². The minimum Gasteiger partial charge on any atom is -0.398 e. The Hall–Kier alpha value is -3.69. The summed E-state index contributed by atoms with van der Waals surface area (Å²) in [5, 5.41) is 7.34. The van der Waals surface area contributed by atoms with Crippen LogP contribution in [0.1, 0.15) is 29.9 Å². The molecule has 0 bridgehead atoms. The summed E-state index contributed by atoms with van der Waals surface area (Å²) in [6, 6.07) is 15.8. The number of amides is 1. The molecule has 0 saturated heterocycles. The normalized spacial score (nSPS) is 14.3. The number of carbonyl (C=O) groups excluding carboxylic acids is 1. The molecular formula is C22H19F3N4O3. The molecular weight excluding hydrogens is 425 g/mol. The Labute approximate surface area is 181 Å². The molecule has 0 unspecified atom stereocenters. The van der Waals surface area contributed by atoms with Crippen LogP contribution in [0.25, 0.3) is 11.4 Å². The number of nitrogens with zero attached hydrogens (tertiary/aromatic N) is 4. The van der Waals surface area contributed by atoms with Gasteiger partial charge in [0.2, 0.25) is 5.82 Å². The van der Waals surface area contributed by atoms with Crippen LogP contribution in [-0.2, 0) is 22.4 Å². The second-order valence-electron chi connectivity index (χ2n) is 7.27. The van der Waals surface area contributed by atoms with Crippen LogP contribution < -0.4 is 0 Å². The summed E-state index contributed by atoms with van der Waals surface area (Å²) in [4.78, 5) is 23.3. The van der Waals surface area contributed by atoms with Gasteiger partial charge in [-0.05, 0) is 18.4 Å². The first-order valence-corrected chi connectivity index (χ1v) is 9.84. The van der Waals surface area contributed by atoms with Gasteiger partial charge in [0.05, 0.1) is 0 Å². The standard InChI is InChI=1S/C22H19F3N4O3/c1-31-27-18(15-5-3-2-4-6-15)20(30)29(17-11-12-17)13-14-7-9-16(10-8-14)19-26-21(32-28-19)22(23,24)25/h2-10,17H,11-13H2,1H3/b27-18-. The van der Waals surface area contributed by atoms with Crippen LogP contribution in [0.15, 0.2) is 64.3 Å². The molecule has 1 heterocycles. The Kier molecular flexibility index (Phi) is 5.93. The number of hydrogen-bond acceptors (Lipinski definition) is 6. The zero-order chi connectivity index (χ0) is 22.7. The molecule has 0 N–H and O–H groups in total. The van der Waals surface area contributed by atoms with Crippen molar-refractivity contribution in [1.29, 1.82) is 0 Å². The zero-order valence-electron chi connectivity index (χ0n) is 17.0. The third-order valence-electron chi connectivity index (χ3n) is 4.91. The Morgan fingerprint density at radius 3 is 2.41 bits per heavy atom. The van der Waals surface area contributed by atoms with Crippen molar-refractivity contribution in [2.75, 3.05) is 7.11 Å². The van der Waals surface area contributed by atoms with Crippen molar-refractivity contribution in [3.8, 4) is 11.4 Å². The number of halogens is 3. The Morgan fingerprint density at radius 2 is 1.84 bits per heavy atom. The summed E-state index contributed by atoms with van der Waals surface area (Å²) in [5.74, 6) is -1.80. The van der Waals surface area contributed by atoms with Gasteiger partial charge in [0, 0.05) is 23.7 Å². The van der Waals surface area contributed by atoms with Gasteiger partial charge in [-0.25, -0.2) is 0 Å². The first kappa shape index (κ1) is 21.5. The van der Waals surface area contributed by atoms with E-state index in [1.54, 1.807) is 41.3 Å². The fourth-order valence-electron chi connectivity index (χ4n) is 3.20. The Balaban J connectivity index is 1.53. The molecule has 1 amide bonds. The fraction of sp³-hybridized carbons (Fsp3) is 0.273. The average molecular weight is 444 g/mol. The highest BCUT2D eigenvalue weighted by Gasteiger charge is 2.38. The highest BCUT2D eigenvalue weighted by molar-refractivity contribution is 6.45. The van der Waals surface area contributed by atoms with Crippen molar-refractivity contribution in [2.24, 2.45) is 5.16 Å². The molecule has 1 aromatic heterocycles. The van der Waals surface area contributed by atoms with Crippen LogP contribution in [0, 0.1) is 0 Å². The van der Waals surface area contributed by atoms with Crippen LogP contribution in [0.4, 0.5) is 13.2 Å². The van der Waals surface area contributed by atoms with E-state index in [2.05, 4.69) is 19.8 Å². The summed E-state index contributed by atoms with van der Waals surface area (Å²) >= 11 is 0. The molecule has 0 aliphatic heterocycles. The number of aromatic nitrogens is 2. The van der Waals surface area contributed by atoms with E-state index in [4.69, 9.17) is 4.84 Å². The molecule has 0 radical (unpaired) electrons. The van der Waals surface area contributed by atoms with Crippen molar-refractivity contribution in [3.63, 3.8) is 0 Å². The van der Waals surface area contributed by atoms with Gasteiger partial charge in [0.1, 0.15) is 7.11 Å². The maximum atomic E-state index is 13.3. The minimum atomic E-state index is -4.70. The molecule has 0 atom stereocenters. The quantitative estimate of drug-likeness (QED) is 0.401. The molecule has 32 heavy (non-hydrogen) atoms. The van der Waals surface area contributed by atoms with E-state index in [0.717, 1.165) is 18.4 Å². The average Bonchev–Trinajstić information content (AvgIpc) is 3.50. The van der Waals surface area contributed by atoms with Gasteiger partial charge in [-0.1, -0.05) is 64.9 Å². The zero-order valence-corrected chi connectivity index (χ0v) is 17.0. The van der Waals surface area contributed by atoms with E-state index in [0.29, 0.717) is 17.7 Å². The maximum absolute atomic E-state index is 13.3. The fourth-order valence-corrected chi connectivity index (χ4v) is 3.20. The minimum absolute atomic E-state index is 0.0968. The summed E-state index contributed by atoms with van der Waals surface area (Å²) in [5.41, 5.74) is 2.04. The van der Waals surface area contributed by atoms with E-state index < -0.39 is 12.1 Å². The predicted octanol–water partition coefficient (Wildman–Crippen LogP) is 4.30. The number of benzene rings is 2. The molecule has 0 spiro atoms. The summed E-state index contributed by atoms with van der Waals surface area (Å²) in [6.07, 6.45) is -2.92. The number of rotatable bonds is 7. The maximum Gasteiger partial charge on any atom is 0.471 e. The first-order valence-electron chi connectivity index (χ1n) is 9.84. The van der Waals surface area contributed by atoms with Crippen molar-refractivity contribution in [1.82, 2.24) is 15.0 Å². The molecule has 2 aromatic carbocycles. The Bertz CT molecular complexity index is 1110. The van der Waals surface area contributed by atoms with Gasteiger partial charge < -0.3 is 14.3 Å². The first-order chi connectivity index (χ1) is 15.4. The molecule has 1 aliphatic rings. The van der Waals surface area contributed by atoms with Crippen LogP contribution in [0.2, 0.25) is 0 Å². The topological polar surface area (TPSA) is 80.8 Å². The lowest BCUT2D eigenvalue weighted by Gasteiger charge is -2.23. The highest BCUT2D eigenvalue weighted by atomic mass is 19.4. The number of carbonyl (C=O) groups is 1. The summed E-state index contributed by atoms with van der Waals surface area (Å²) < 4.78 is 42.3. The molecule has 7 nitrogen and oxygen atoms in total. The van der Waals surface area contributed by atoms with E-state index in [-0.39, 0.29) is 23.5 Å². The van der Waals surface area contributed by atoms with Gasteiger partial charge in [-0.15, -0.1) is 0 Å². The van der Waals surface area contributed by atoms with E-state index in [1.807, 2.05) is 18.2 Å². The number of oxime groups is 1. The largest absolute Gasteiger partial charge is 0.471 e. The van der Waals surface area contributed by atoms with Crippen molar-refractivity contribution in [2.45, 2.75) is 31.6 Å². The highest BCUT2D eigenvalue weighted by Crippen LogP contribution is 2.31. The van der Waals surface area contributed by atoms with Crippen LogP contribution >= 0.6 is 0 Å². The molecule has 1 fully saturated rings. The third-order valence-corrected chi connectivity index (χ3v) is 4.91. The second-order valence-corrected chi connectivity index (χ2v) is 7.27. The molecule has 1 saturated carbocycles. The van der Waals surface area contributed by atoms with Crippen molar-refractivity contribution >= 4 is 11.6 Å². The second kappa shape index (κ2) is 8.81. The summed E-state index contributed by atoms with van der Waals surface area (Å²) in [7, 11) is 1.39. The third kappa shape index (κ3) is 4.79. The number of alkyl halides is 3. The van der Waals surface area contributed by atoms with Crippen molar-refractivity contribution in [3.05, 3.63) is 71.6 Å². The van der Waals surface area contributed by atoms with Crippen LogP contribution in [0.3, 0.4) is 0 Å². The summed E-state index contributed by atoms with van der Waals surface area (Å²) in [6.45, 7) is 0.319. The van der Waals surface area contributed by atoms with Gasteiger partial charge >= 0.3 is 12.1 Å². The lowest BCUT2D eigenvalue weighted by Crippen LogP contribution is -2.38. The smallest absolute Gasteiger partial charge is 0.398 e. The van der Waals surface area contributed by atoms with Crippen LogP contribution in [0.5, 0.6) is 0 Å². The van der Waals surface area contributed by atoms with E-state index in [9.17, 15) is 18.0 Å². The lowest BCUT2D eigenvalue weighted by atomic mass is 10.1. The monoisotopic (exact) mass is 444 g/mol. The Morgan fingerprint density at radius 1 is 1.16 bits per heavy atom. The molecule has 10 heteroatoms. The molecule has 3 aromatic rings. The molecule has 1 aliphatic carbocycles. The SMILES string of the molecule is CO/N=C(\C(=O)N(Cc1ccc(-c2noc(C(F)(F)F)n2)cc1)C1CC1)c1ccccc1. The molecule has 166 valence electrons. The van der Waals surface area contributed by atoms with Crippen LogP contribution in [-0.4, -0.2) is 39.8 Å². The van der Waals surface area contributed by atoms with Crippen molar-refractivity contribution < 1.29 is 27.3 Å². The number of hydrogen-bond donors (Lipinski definition) is 0.